The first kappa shape index (κ1) is 15.4. The second kappa shape index (κ2) is 7.68. The Morgan fingerprint density at radius 3 is 2.41 bits per heavy atom. The van der Waals surface area contributed by atoms with Crippen molar-refractivity contribution in [2.45, 2.75) is 13.0 Å². The van der Waals surface area contributed by atoms with Crippen LogP contribution >= 0.6 is 11.3 Å². The van der Waals surface area contributed by atoms with E-state index in [-0.39, 0.29) is 5.78 Å². The summed E-state index contributed by atoms with van der Waals surface area (Å²) in [6.07, 6.45) is 0.634. The van der Waals surface area contributed by atoms with Crippen molar-refractivity contribution in [1.29, 1.82) is 0 Å². The molecule has 0 bridgehead atoms. The van der Waals surface area contributed by atoms with Crippen molar-refractivity contribution in [1.82, 2.24) is 9.80 Å². The molecule has 1 fully saturated rings. The fourth-order valence-electron chi connectivity index (χ4n) is 2.84. The number of carbonyl (C=O) groups excluding carboxylic acids is 1. The SMILES string of the molecule is O=C(CCN1CCN(Cc2ccccc2)CC1)c1ccsc1. The van der Waals surface area contributed by atoms with Crippen molar-refractivity contribution in [3.05, 3.63) is 58.3 Å². The lowest BCUT2D eigenvalue weighted by atomic mass is 10.1. The summed E-state index contributed by atoms with van der Waals surface area (Å²) in [7, 11) is 0. The second-order valence-electron chi connectivity index (χ2n) is 5.79. The molecule has 1 aromatic carbocycles. The molecule has 22 heavy (non-hydrogen) atoms. The fraction of sp³-hybridized carbons (Fsp3) is 0.389. The first-order chi connectivity index (χ1) is 10.8. The average Bonchev–Trinajstić information content (AvgIpc) is 3.09. The highest BCUT2D eigenvalue weighted by atomic mass is 32.1. The monoisotopic (exact) mass is 314 g/mol. The van der Waals surface area contributed by atoms with E-state index in [0.717, 1.165) is 44.8 Å². The normalized spacial score (nSPS) is 16.7. The number of Topliss-reactive ketones (excluding diaryl/α,β-unsaturated/α-hetero) is 1. The number of benzene rings is 1. The van der Waals surface area contributed by atoms with Crippen LogP contribution in [0.2, 0.25) is 0 Å². The summed E-state index contributed by atoms with van der Waals surface area (Å²) in [6.45, 7) is 6.20. The molecule has 0 radical (unpaired) electrons. The Morgan fingerprint density at radius 1 is 1.00 bits per heavy atom. The Bertz CT molecular complexity index is 574. The largest absolute Gasteiger partial charge is 0.300 e. The Kier molecular flexibility index (Phi) is 5.38. The second-order valence-corrected chi connectivity index (χ2v) is 6.57. The highest BCUT2D eigenvalue weighted by molar-refractivity contribution is 7.08. The standard InChI is InChI=1S/C18H22N2OS/c21-18(17-7-13-22-15-17)6-8-19-9-11-20(12-10-19)14-16-4-2-1-3-5-16/h1-5,7,13,15H,6,8-12,14H2. The summed E-state index contributed by atoms with van der Waals surface area (Å²) in [4.78, 5) is 16.9. The molecule has 1 aliphatic rings. The lowest BCUT2D eigenvalue weighted by molar-refractivity contribution is 0.0923. The van der Waals surface area contributed by atoms with Crippen LogP contribution in [0.25, 0.3) is 0 Å². The van der Waals surface area contributed by atoms with Crippen molar-refractivity contribution < 1.29 is 4.79 Å². The molecular weight excluding hydrogens is 292 g/mol. The van der Waals surface area contributed by atoms with Gasteiger partial charge in [0.15, 0.2) is 5.78 Å². The molecule has 0 spiro atoms. The zero-order chi connectivity index (χ0) is 15.2. The van der Waals surface area contributed by atoms with Gasteiger partial charge in [-0.3, -0.25) is 9.69 Å². The van der Waals surface area contributed by atoms with Gasteiger partial charge in [0.05, 0.1) is 0 Å². The van der Waals surface area contributed by atoms with Crippen LogP contribution in [0.15, 0.2) is 47.2 Å². The Morgan fingerprint density at radius 2 is 1.73 bits per heavy atom. The van der Waals surface area contributed by atoms with Crippen molar-refractivity contribution >= 4 is 17.1 Å². The molecule has 2 aromatic rings. The molecule has 116 valence electrons. The first-order valence-electron chi connectivity index (χ1n) is 7.85. The lowest BCUT2D eigenvalue weighted by Crippen LogP contribution is -2.46. The molecule has 1 saturated heterocycles. The van der Waals surface area contributed by atoms with E-state index in [4.69, 9.17) is 0 Å². The Labute approximate surface area is 136 Å². The minimum Gasteiger partial charge on any atom is -0.300 e. The number of piperazine rings is 1. The van der Waals surface area contributed by atoms with Crippen LogP contribution in [-0.4, -0.2) is 48.3 Å². The molecule has 3 rings (SSSR count). The third-order valence-corrected chi connectivity index (χ3v) is 4.90. The average molecular weight is 314 g/mol. The number of thiophene rings is 1. The smallest absolute Gasteiger partial charge is 0.164 e. The molecule has 3 nitrogen and oxygen atoms in total. The predicted molar refractivity (Wildman–Crippen MR) is 91.4 cm³/mol. The van der Waals surface area contributed by atoms with Gasteiger partial charge < -0.3 is 4.90 Å². The molecular formula is C18H22N2OS. The van der Waals surface area contributed by atoms with Crippen LogP contribution in [0, 0.1) is 0 Å². The quantitative estimate of drug-likeness (QED) is 0.765. The molecule has 1 aromatic heterocycles. The van der Waals surface area contributed by atoms with Gasteiger partial charge in [0, 0.05) is 56.6 Å². The molecule has 0 N–H and O–H groups in total. The van der Waals surface area contributed by atoms with E-state index in [0.29, 0.717) is 6.42 Å². The number of carbonyl (C=O) groups is 1. The molecule has 0 aliphatic carbocycles. The molecule has 0 unspecified atom stereocenters. The number of ketones is 1. The van der Waals surface area contributed by atoms with Gasteiger partial charge in [0.25, 0.3) is 0 Å². The number of hydrogen-bond acceptors (Lipinski definition) is 4. The van der Waals surface area contributed by atoms with E-state index < -0.39 is 0 Å². The Balaban J connectivity index is 1.39. The lowest BCUT2D eigenvalue weighted by Gasteiger charge is -2.34. The predicted octanol–water partition coefficient (Wildman–Crippen LogP) is 3.14. The Hall–Kier alpha value is -1.49. The summed E-state index contributed by atoms with van der Waals surface area (Å²) >= 11 is 1.59. The maximum absolute atomic E-state index is 12.0. The van der Waals surface area contributed by atoms with Gasteiger partial charge in [-0.15, -0.1) is 0 Å². The minimum atomic E-state index is 0.271. The van der Waals surface area contributed by atoms with Gasteiger partial charge in [0.1, 0.15) is 0 Å². The summed E-state index contributed by atoms with van der Waals surface area (Å²) in [5.41, 5.74) is 2.25. The minimum absolute atomic E-state index is 0.271. The number of rotatable bonds is 6. The van der Waals surface area contributed by atoms with Crippen molar-refractivity contribution in [2.75, 3.05) is 32.7 Å². The van der Waals surface area contributed by atoms with Gasteiger partial charge in [-0.2, -0.15) is 11.3 Å². The maximum Gasteiger partial charge on any atom is 0.164 e. The van der Waals surface area contributed by atoms with Gasteiger partial charge in [-0.05, 0) is 17.0 Å². The zero-order valence-electron chi connectivity index (χ0n) is 12.8. The molecule has 0 amide bonds. The molecule has 4 heteroatoms. The fourth-order valence-corrected chi connectivity index (χ4v) is 3.50. The van der Waals surface area contributed by atoms with Crippen LogP contribution in [0.3, 0.4) is 0 Å². The van der Waals surface area contributed by atoms with E-state index in [9.17, 15) is 4.79 Å². The maximum atomic E-state index is 12.0. The van der Waals surface area contributed by atoms with Crippen LogP contribution in [0.4, 0.5) is 0 Å². The van der Waals surface area contributed by atoms with Gasteiger partial charge in [-0.1, -0.05) is 30.3 Å². The van der Waals surface area contributed by atoms with E-state index in [1.54, 1.807) is 11.3 Å². The third-order valence-electron chi connectivity index (χ3n) is 4.21. The van der Waals surface area contributed by atoms with Crippen molar-refractivity contribution in [2.24, 2.45) is 0 Å². The molecule has 2 heterocycles. The van der Waals surface area contributed by atoms with E-state index in [2.05, 4.69) is 40.1 Å². The van der Waals surface area contributed by atoms with E-state index >= 15 is 0 Å². The van der Waals surface area contributed by atoms with E-state index in [1.807, 2.05) is 16.8 Å². The van der Waals surface area contributed by atoms with Crippen LogP contribution in [0.1, 0.15) is 22.3 Å². The first-order valence-corrected chi connectivity index (χ1v) is 8.79. The van der Waals surface area contributed by atoms with Crippen molar-refractivity contribution in [3.63, 3.8) is 0 Å². The topological polar surface area (TPSA) is 23.6 Å². The third kappa shape index (κ3) is 4.26. The van der Waals surface area contributed by atoms with Crippen LogP contribution in [-0.2, 0) is 6.54 Å². The summed E-state index contributed by atoms with van der Waals surface area (Å²) in [5, 5.41) is 3.91. The van der Waals surface area contributed by atoms with Gasteiger partial charge in [0.2, 0.25) is 0 Å². The highest BCUT2D eigenvalue weighted by Gasteiger charge is 2.17. The molecule has 0 saturated carbocycles. The molecule has 1 aliphatic heterocycles. The molecule has 0 atom stereocenters. The zero-order valence-corrected chi connectivity index (χ0v) is 13.6. The summed E-state index contributed by atoms with van der Waals surface area (Å²) in [5.74, 6) is 0.271. The summed E-state index contributed by atoms with van der Waals surface area (Å²) < 4.78 is 0. The van der Waals surface area contributed by atoms with Crippen LogP contribution < -0.4 is 0 Å². The van der Waals surface area contributed by atoms with Gasteiger partial charge >= 0.3 is 0 Å². The van der Waals surface area contributed by atoms with Crippen molar-refractivity contribution in [3.8, 4) is 0 Å². The highest BCUT2D eigenvalue weighted by Crippen LogP contribution is 2.11. The number of hydrogen-bond donors (Lipinski definition) is 0. The summed E-state index contributed by atoms with van der Waals surface area (Å²) in [6, 6.07) is 12.6. The van der Waals surface area contributed by atoms with Crippen LogP contribution in [0.5, 0.6) is 0 Å². The number of nitrogens with zero attached hydrogens (tertiary/aromatic N) is 2. The van der Waals surface area contributed by atoms with E-state index in [1.165, 1.54) is 5.56 Å². The van der Waals surface area contributed by atoms with Gasteiger partial charge in [-0.25, -0.2) is 0 Å².